The molecule has 1 N–H and O–H groups in total. The number of carbonyl (C=O) groups excluding carboxylic acids is 1. The van der Waals surface area contributed by atoms with Crippen molar-refractivity contribution < 1.29 is 23.7 Å². The second kappa shape index (κ2) is 13.8. The summed E-state index contributed by atoms with van der Waals surface area (Å²) in [6.45, 7) is 4.21. The molecule has 6 heteroatoms. The second-order valence-corrected chi connectivity index (χ2v) is 8.95. The molecular weight excluding hydrogens is 454 g/mol. The summed E-state index contributed by atoms with van der Waals surface area (Å²) in [5.41, 5.74) is 4.02. The lowest BCUT2D eigenvalue weighted by atomic mass is 9.87. The van der Waals surface area contributed by atoms with Crippen molar-refractivity contribution in [2.45, 2.75) is 38.1 Å². The molecule has 1 aliphatic heterocycles. The monoisotopic (exact) mass is 489 g/mol. The summed E-state index contributed by atoms with van der Waals surface area (Å²) in [4.78, 5) is 11.6. The van der Waals surface area contributed by atoms with Crippen LogP contribution in [-0.2, 0) is 27.4 Å². The summed E-state index contributed by atoms with van der Waals surface area (Å²) >= 11 is 0. The Hall–Kier alpha value is -3.19. The number of methoxy groups -OCH3 is 1. The summed E-state index contributed by atoms with van der Waals surface area (Å²) in [6, 6.07) is 26.0. The normalized spacial score (nSPS) is 17.5. The van der Waals surface area contributed by atoms with E-state index in [1.165, 1.54) is 18.2 Å². The van der Waals surface area contributed by atoms with Crippen LogP contribution in [0.4, 0.5) is 0 Å². The Morgan fingerprint density at radius 3 is 2.39 bits per heavy atom. The molecule has 2 atom stereocenters. The van der Waals surface area contributed by atoms with Crippen LogP contribution in [0.25, 0.3) is 0 Å². The van der Waals surface area contributed by atoms with E-state index in [0.29, 0.717) is 37.9 Å². The van der Waals surface area contributed by atoms with Gasteiger partial charge in [-0.3, -0.25) is 0 Å². The van der Waals surface area contributed by atoms with Crippen LogP contribution in [0.5, 0.6) is 5.75 Å². The molecule has 0 spiro atoms. The van der Waals surface area contributed by atoms with Crippen LogP contribution in [0.3, 0.4) is 0 Å². The molecule has 3 aromatic carbocycles. The fourth-order valence-electron chi connectivity index (χ4n) is 4.37. The van der Waals surface area contributed by atoms with Gasteiger partial charge in [-0.1, -0.05) is 54.6 Å². The Kier molecular flexibility index (Phi) is 9.91. The molecule has 4 rings (SSSR count). The lowest BCUT2D eigenvalue weighted by Gasteiger charge is -2.32. The minimum atomic E-state index is -0.331. The predicted octanol–water partition coefficient (Wildman–Crippen LogP) is 5.12. The standard InChI is InChI=1S/C30H35NO5/c1-33-30(32)26-10-8-24(9-11-26)22-36-29-20-31-17-16-28(29)25-12-14-27(15-13-25)35-19-5-18-34-21-23-6-3-2-4-7-23/h2-4,6-15,28-29,31H,5,16-22H2,1H3. The molecule has 1 heterocycles. The van der Waals surface area contributed by atoms with Crippen LogP contribution in [0.15, 0.2) is 78.9 Å². The van der Waals surface area contributed by atoms with E-state index in [9.17, 15) is 4.79 Å². The van der Waals surface area contributed by atoms with Crippen LogP contribution in [0.2, 0.25) is 0 Å². The minimum Gasteiger partial charge on any atom is -0.494 e. The molecule has 1 aliphatic rings. The summed E-state index contributed by atoms with van der Waals surface area (Å²) in [7, 11) is 1.39. The van der Waals surface area contributed by atoms with Gasteiger partial charge in [0.05, 0.1) is 45.2 Å². The van der Waals surface area contributed by atoms with E-state index in [0.717, 1.165) is 37.2 Å². The highest BCUT2D eigenvalue weighted by molar-refractivity contribution is 5.89. The third kappa shape index (κ3) is 7.65. The van der Waals surface area contributed by atoms with Crippen LogP contribution in [0.1, 0.15) is 45.8 Å². The maximum absolute atomic E-state index is 11.6. The van der Waals surface area contributed by atoms with Gasteiger partial charge in [-0.2, -0.15) is 0 Å². The summed E-state index contributed by atoms with van der Waals surface area (Å²) < 4.78 is 22.7. The van der Waals surface area contributed by atoms with Gasteiger partial charge in [0, 0.05) is 18.9 Å². The number of hydrogen-bond donors (Lipinski definition) is 1. The number of nitrogens with one attached hydrogen (secondary N) is 1. The molecular formula is C30H35NO5. The largest absolute Gasteiger partial charge is 0.494 e. The highest BCUT2D eigenvalue weighted by Gasteiger charge is 2.27. The number of carbonyl (C=O) groups is 1. The van der Waals surface area contributed by atoms with E-state index in [4.69, 9.17) is 18.9 Å². The first kappa shape index (κ1) is 25.9. The van der Waals surface area contributed by atoms with Gasteiger partial charge in [-0.15, -0.1) is 0 Å². The zero-order chi connectivity index (χ0) is 25.0. The highest BCUT2D eigenvalue weighted by Crippen LogP contribution is 2.29. The van der Waals surface area contributed by atoms with Gasteiger partial charge in [0.15, 0.2) is 0 Å². The Morgan fingerprint density at radius 2 is 1.64 bits per heavy atom. The molecule has 1 saturated heterocycles. The SMILES string of the molecule is COC(=O)c1ccc(COC2CNCCC2c2ccc(OCCCOCc3ccccc3)cc2)cc1. The van der Waals surface area contributed by atoms with Crippen molar-refractivity contribution in [3.63, 3.8) is 0 Å². The molecule has 0 saturated carbocycles. The predicted molar refractivity (Wildman–Crippen MR) is 139 cm³/mol. The van der Waals surface area contributed by atoms with Crippen molar-refractivity contribution >= 4 is 5.97 Å². The second-order valence-electron chi connectivity index (χ2n) is 8.95. The van der Waals surface area contributed by atoms with Crippen molar-refractivity contribution in [2.24, 2.45) is 0 Å². The molecule has 0 radical (unpaired) electrons. The van der Waals surface area contributed by atoms with Gasteiger partial charge >= 0.3 is 5.97 Å². The lowest BCUT2D eigenvalue weighted by molar-refractivity contribution is 0.0106. The number of benzene rings is 3. The molecule has 0 bridgehead atoms. The van der Waals surface area contributed by atoms with E-state index < -0.39 is 0 Å². The molecule has 0 aromatic heterocycles. The van der Waals surface area contributed by atoms with Gasteiger partial charge in [0.2, 0.25) is 0 Å². The van der Waals surface area contributed by atoms with E-state index >= 15 is 0 Å². The zero-order valence-corrected chi connectivity index (χ0v) is 20.9. The van der Waals surface area contributed by atoms with Crippen molar-refractivity contribution in [2.75, 3.05) is 33.4 Å². The van der Waals surface area contributed by atoms with Crippen molar-refractivity contribution in [1.82, 2.24) is 5.32 Å². The maximum Gasteiger partial charge on any atom is 0.337 e. The van der Waals surface area contributed by atoms with Crippen molar-refractivity contribution in [3.8, 4) is 5.75 Å². The molecule has 3 aromatic rings. The summed E-state index contributed by atoms with van der Waals surface area (Å²) in [6.07, 6.45) is 1.94. The maximum atomic E-state index is 11.6. The number of rotatable bonds is 12. The molecule has 2 unspecified atom stereocenters. The minimum absolute atomic E-state index is 0.0764. The van der Waals surface area contributed by atoms with E-state index in [1.54, 1.807) is 12.1 Å². The fourth-order valence-corrected chi connectivity index (χ4v) is 4.37. The fraction of sp³-hybridized carbons (Fsp3) is 0.367. The summed E-state index contributed by atoms with van der Waals surface area (Å²) in [5.74, 6) is 0.864. The molecule has 1 fully saturated rings. The van der Waals surface area contributed by atoms with E-state index in [1.807, 2.05) is 42.5 Å². The van der Waals surface area contributed by atoms with Crippen LogP contribution in [0, 0.1) is 0 Å². The number of ether oxygens (including phenoxy) is 4. The number of esters is 1. The summed E-state index contributed by atoms with van der Waals surface area (Å²) in [5, 5.41) is 3.45. The smallest absolute Gasteiger partial charge is 0.337 e. The molecule has 36 heavy (non-hydrogen) atoms. The quantitative estimate of drug-likeness (QED) is 0.281. The molecule has 190 valence electrons. The first-order chi connectivity index (χ1) is 17.7. The molecule has 0 aliphatic carbocycles. The third-order valence-corrected chi connectivity index (χ3v) is 6.39. The number of piperidine rings is 1. The molecule has 6 nitrogen and oxygen atoms in total. The third-order valence-electron chi connectivity index (χ3n) is 6.39. The lowest BCUT2D eigenvalue weighted by Crippen LogP contribution is -2.40. The van der Waals surface area contributed by atoms with E-state index in [2.05, 4.69) is 29.6 Å². The molecule has 0 amide bonds. The Labute approximate surface area is 213 Å². The van der Waals surface area contributed by atoms with Crippen molar-refractivity contribution in [1.29, 1.82) is 0 Å². The topological polar surface area (TPSA) is 66.0 Å². The average molecular weight is 490 g/mol. The van der Waals surface area contributed by atoms with E-state index in [-0.39, 0.29) is 12.1 Å². The van der Waals surface area contributed by atoms with Crippen molar-refractivity contribution in [3.05, 3.63) is 101 Å². The first-order valence-corrected chi connectivity index (χ1v) is 12.6. The van der Waals surface area contributed by atoms with Gasteiger partial charge in [-0.25, -0.2) is 4.79 Å². The number of hydrogen-bond acceptors (Lipinski definition) is 6. The zero-order valence-electron chi connectivity index (χ0n) is 20.9. The van der Waals surface area contributed by atoms with Crippen LogP contribution >= 0.6 is 0 Å². The van der Waals surface area contributed by atoms with Crippen LogP contribution < -0.4 is 10.1 Å². The average Bonchev–Trinajstić information content (AvgIpc) is 2.95. The highest BCUT2D eigenvalue weighted by atomic mass is 16.5. The Balaban J connectivity index is 1.21. The first-order valence-electron chi connectivity index (χ1n) is 12.6. The van der Waals surface area contributed by atoms with Gasteiger partial charge in [-0.05, 0) is 53.9 Å². The Bertz CT molecular complexity index is 1050. The van der Waals surface area contributed by atoms with Crippen LogP contribution in [-0.4, -0.2) is 45.5 Å². The Morgan fingerprint density at radius 1 is 0.889 bits per heavy atom. The van der Waals surface area contributed by atoms with Gasteiger partial charge in [0.1, 0.15) is 5.75 Å². The van der Waals surface area contributed by atoms with Gasteiger partial charge < -0.3 is 24.3 Å². The van der Waals surface area contributed by atoms with Gasteiger partial charge in [0.25, 0.3) is 0 Å².